The summed E-state index contributed by atoms with van der Waals surface area (Å²) in [5.41, 5.74) is 0. The Morgan fingerprint density at radius 2 is 0.661 bits per heavy atom. The van der Waals surface area contributed by atoms with Gasteiger partial charge in [0.05, 0.1) is 6.61 Å². The van der Waals surface area contributed by atoms with Crippen molar-refractivity contribution in [3.8, 4) is 0 Å². The molecule has 0 fully saturated rings. The summed E-state index contributed by atoms with van der Waals surface area (Å²) in [6.07, 6.45) is 67.9. The van der Waals surface area contributed by atoms with Gasteiger partial charge in [-0.2, -0.15) is 0 Å². The lowest BCUT2D eigenvalue weighted by Gasteiger charge is -2.07. The van der Waals surface area contributed by atoms with Gasteiger partial charge in [0.2, 0.25) is 0 Å². The van der Waals surface area contributed by atoms with E-state index in [1.54, 1.807) is 0 Å². The molecule has 1 atom stereocenters. The van der Waals surface area contributed by atoms with Crippen LogP contribution in [0.4, 0.5) is 0 Å². The maximum absolute atomic E-state index is 12.0. The van der Waals surface area contributed by atoms with Gasteiger partial charge in [0.15, 0.2) is 0 Å². The molecule has 1 unspecified atom stereocenters. The van der Waals surface area contributed by atoms with Crippen LogP contribution in [0.1, 0.15) is 316 Å². The summed E-state index contributed by atoms with van der Waals surface area (Å²) in [6.45, 7) is 7.65. The van der Waals surface area contributed by atoms with Crippen molar-refractivity contribution < 1.29 is 9.53 Å². The van der Waals surface area contributed by atoms with E-state index >= 15 is 0 Å². The summed E-state index contributed by atoms with van der Waals surface area (Å²) < 4.78 is 5.49. The minimum absolute atomic E-state index is 0.0261. The summed E-state index contributed by atoms with van der Waals surface area (Å²) in [5.74, 6) is 0.965. The standard InChI is InChI=1S/C54H106O2/c1-4-6-7-8-9-10-11-12-13-26-30-33-36-39-42-45-48-51-54(55)56-52-49-46-43-40-37-34-31-28-25-23-21-19-17-15-14-16-18-20-22-24-27-29-32-35-38-41-44-47-50-53(3)5-2/h12-13,53H,4-11,14-52H2,1-3H3. The van der Waals surface area contributed by atoms with Gasteiger partial charge in [-0.25, -0.2) is 0 Å². The van der Waals surface area contributed by atoms with Crippen LogP contribution in [0, 0.1) is 5.92 Å². The van der Waals surface area contributed by atoms with E-state index in [0.29, 0.717) is 13.0 Å². The molecular weight excluding hydrogens is 681 g/mol. The fourth-order valence-corrected chi connectivity index (χ4v) is 8.35. The highest BCUT2D eigenvalue weighted by atomic mass is 16.5. The summed E-state index contributed by atoms with van der Waals surface area (Å²) in [7, 11) is 0. The minimum Gasteiger partial charge on any atom is -0.466 e. The van der Waals surface area contributed by atoms with Crippen LogP contribution in [-0.2, 0) is 9.53 Å². The van der Waals surface area contributed by atoms with E-state index in [1.165, 1.54) is 276 Å². The van der Waals surface area contributed by atoms with E-state index in [9.17, 15) is 4.79 Å². The molecule has 2 nitrogen and oxygen atoms in total. The first-order valence-electron chi connectivity index (χ1n) is 26.5. The quantitative estimate of drug-likeness (QED) is 0.0349. The van der Waals surface area contributed by atoms with Crippen molar-refractivity contribution >= 4 is 5.97 Å². The zero-order valence-electron chi connectivity index (χ0n) is 39.3. The molecule has 0 rings (SSSR count). The summed E-state index contributed by atoms with van der Waals surface area (Å²) >= 11 is 0. The summed E-state index contributed by atoms with van der Waals surface area (Å²) in [4.78, 5) is 12.0. The predicted molar refractivity (Wildman–Crippen MR) is 253 cm³/mol. The van der Waals surface area contributed by atoms with E-state index in [0.717, 1.165) is 18.8 Å². The van der Waals surface area contributed by atoms with E-state index < -0.39 is 0 Å². The number of allylic oxidation sites excluding steroid dienone is 2. The second kappa shape index (κ2) is 50.4. The molecule has 0 aromatic heterocycles. The van der Waals surface area contributed by atoms with Crippen molar-refractivity contribution in [3.05, 3.63) is 12.2 Å². The maximum Gasteiger partial charge on any atom is 0.305 e. The molecular formula is C54H106O2. The van der Waals surface area contributed by atoms with E-state index in [1.807, 2.05) is 0 Å². The Hall–Kier alpha value is -0.790. The van der Waals surface area contributed by atoms with Crippen LogP contribution >= 0.6 is 0 Å². The smallest absolute Gasteiger partial charge is 0.305 e. The van der Waals surface area contributed by atoms with Crippen molar-refractivity contribution in [3.63, 3.8) is 0 Å². The van der Waals surface area contributed by atoms with Crippen LogP contribution in [-0.4, -0.2) is 12.6 Å². The number of rotatable bonds is 49. The molecule has 0 saturated carbocycles. The summed E-state index contributed by atoms with van der Waals surface area (Å²) in [6, 6.07) is 0. The van der Waals surface area contributed by atoms with E-state index in [4.69, 9.17) is 4.74 Å². The van der Waals surface area contributed by atoms with Gasteiger partial charge in [-0.1, -0.05) is 283 Å². The molecule has 0 saturated heterocycles. The Morgan fingerprint density at radius 1 is 0.375 bits per heavy atom. The molecule has 56 heavy (non-hydrogen) atoms. The number of hydrogen-bond donors (Lipinski definition) is 0. The fraction of sp³-hybridized carbons (Fsp3) is 0.944. The number of esters is 1. The van der Waals surface area contributed by atoms with Crippen molar-refractivity contribution in [2.75, 3.05) is 6.61 Å². The topological polar surface area (TPSA) is 26.3 Å². The molecule has 334 valence electrons. The Bertz CT molecular complexity index is 743. The number of ether oxygens (including phenoxy) is 1. The number of unbranched alkanes of at least 4 members (excludes halogenated alkanes) is 40. The van der Waals surface area contributed by atoms with Crippen LogP contribution in [0.5, 0.6) is 0 Å². The van der Waals surface area contributed by atoms with E-state index in [-0.39, 0.29) is 5.97 Å². The zero-order chi connectivity index (χ0) is 40.5. The average Bonchev–Trinajstić information content (AvgIpc) is 3.20. The van der Waals surface area contributed by atoms with Crippen molar-refractivity contribution in [2.24, 2.45) is 5.92 Å². The molecule has 0 spiro atoms. The van der Waals surface area contributed by atoms with Crippen LogP contribution in [0.2, 0.25) is 0 Å². The Labute approximate surface area is 355 Å². The lowest BCUT2D eigenvalue weighted by molar-refractivity contribution is -0.143. The van der Waals surface area contributed by atoms with Crippen molar-refractivity contribution in [2.45, 2.75) is 316 Å². The normalized spacial score (nSPS) is 12.3. The first kappa shape index (κ1) is 55.2. The molecule has 2 heteroatoms. The molecule has 0 radical (unpaired) electrons. The minimum atomic E-state index is 0.0261. The van der Waals surface area contributed by atoms with Gasteiger partial charge in [0.25, 0.3) is 0 Å². The van der Waals surface area contributed by atoms with Gasteiger partial charge in [-0.3, -0.25) is 4.79 Å². The van der Waals surface area contributed by atoms with E-state index in [2.05, 4.69) is 32.9 Å². The largest absolute Gasteiger partial charge is 0.466 e. The molecule has 0 heterocycles. The van der Waals surface area contributed by atoms with Gasteiger partial charge < -0.3 is 4.74 Å². The molecule has 0 aromatic rings. The molecule has 0 amide bonds. The van der Waals surface area contributed by atoms with Gasteiger partial charge in [0, 0.05) is 6.42 Å². The third-order valence-corrected chi connectivity index (χ3v) is 12.7. The second-order valence-electron chi connectivity index (χ2n) is 18.5. The Morgan fingerprint density at radius 3 is 1.00 bits per heavy atom. The molecule has 0 N–H and O–H groups in total. The second-order valence-corrected chi connectivity index (χ2v) is 18.5. The van der Waals surface area contributed by atoms with Gasteiger partial charge >= 0.3 is 5.97 Å². The first-order valence-corrected chi connectivity index (χ1v) is 26.5. The highest BCUT2D eigenvalue weighted by molar-refractivity contribution is 5.69. The lowest BCUT2D eigenvalue weighted by atomic mass is 9.99. The lowest BCUT2D eigenvalue weighted by Crippen LogP contribution is -2.05. The Kier molecular flexibility index (Phi) is 49.6. The zero-order valence-corrected chi connectivity index (χ0v) is 39.3. The maximum atomic E-state index is 12.0. The summed E-state index contributed by atoms with van der Waals surface area (Å²) in [5, 5.41) is 0. The number of carbonyl (C=O) groups is 1. The van der Waals surface area contributed by atoms with Gasteiger partial charge in [0.1, 0.15) is 0 Å². The average molecular weight is 787 g/mol. The van der Waals surface area contributed by atoms with Gasteiger partial charge in [-0.15, -0.1) is 0 Å². The Balaban J connectivity index is 3.16. The van der Waals surface area contributed by atoms with Crippen LogP contribution in [0.3, 0.4) is 0 Å². The van der Waals surface area contributed by atoms with Crippen LogP contribution in [0.15, 0.2) is 12.2 Å². The number of carbonyl (C=O) groups excluding carboxylic acids is 1. The molecule has 0 aliphatic rings. The molecule has 0 aromatic carbocycles. The molecule has 0 bridgehead atoms. The van der Waals surface area contributed by atoms with Crippen LogP contribution in [0.25, 0.3) is 0 Å². The van der Waals surface area contributed by atoms with Crippen molar-refractivity contribution in [1.82, 2.24) is 0 Å². The third-order valence-electron chi connectivity index (χ3n) is 12.7. The monoisotopic (exact) mass is 787 g/mol. The van der Waals surface area contributed by atoms with Gasteiger partial charge in [-0.05, 0) is 44.4 Å². The highest BCUT2D eigenvalue weighted by Gasteiger charge is 2.03. The molecule has 0 aliphatic carbocycles. The van der Waals surface area contributed by atoms with Crippen LogP contribution < -0.4 is 0 Å². The fourth-order valence-electron chi connectivity index (χ4n) is 8.35. The first-order chi connectivity index (χ1) is 27.7. The molecule has 0 aliphatic heterocycles. The van der Waals surface area contributed by atoms with Crippen molar-refractivity contribution in [1.29, 1.82) is 0 Å². The predicted octanol–water partition coefficient (Wildman–Crippen LogP) is 19.7. The number of hydrogen-bond acceptors (Lipinski definition) is 2. The highest BCUT2D eigenvalue weighted by Crippen LogP contribution is 2.18. The SMILES string of the molecule is CCCCCCCCC=CCCCCCCCCCC(=O)OCCCCCCCCCCCCCCCCCCCCCCCCCCCCCCC(C)CC. The third kappa shape index (κ3) is 49.4.